The Morgan fingerprint density at radius 2 is 2.56 bits per heavy atom. The van der Waals surface area contributed by atoms with Crippen LogP contribution in [0.25, 0.3) is 0 Å². The van der Waals surface area contributed by atoms with Crippen LogP contribution in [0, 0.1) is 5.92 Å². The van der Waals surface area contributed by atoms with Crippen LogP contribution in [0.15, 0.2) is 16.7 Å². The molecule has 0 saturated carbocycles. The molecule has 1 fully saturated rings. The van der Waals surface area contributed by atoms with Crippen molar-refractivity contribution in [2.24, 2.45) is 5.92 Å². The average molecular weight is 243 g/mol. The second-order valence-corrected chi connectivity index (χ2v) is 4.58. The number of rotatable bonds is 3. The molecule has 1 unspecified atom stereocenters. The Morgan fingerprint density at radius 1 is 1.75 bits per heavy atom. The zero-order chi connectivity index (χ0) is 11.5. The third kappa shape index (κ3) is 2.57. The summed E-state index contributed by atoms with van der Waals surface area (Å²) in [5, 5.41) is 3.03. The van der Waals surface area contributed by atoms with E-state index in [1.807, 2.05) is 0 Å². The number of furan rings is 1. The first-order valence-electron chi connectivity index (χ1n) is 5.36. The fourth-order valence-corrected chi connectivity index (χ4v) is 2.18. The van der Waals surface area contributed by atoms with Crippen molar-refractivity contribution in [3.63, 3.8) is 0 Å². The minimum absolute atomic E-state index is 0.154. The normalized spacial score (nSPS) is 21.2. The molecule has 1 aliphatic heterocycles. The second-order valence-electron chi connectivity index (χ2n) is 4.23. The molecule has 1 aliphatic rings. The van der Waals surface area contributed by atoms with E-state index in [-0.39, 0.29) is 11.1 Å². The van der Waals surface area contributed by atoms with E-state index in [0.29, 0.717) is 18.0 Å². The maximum absolute atomic E-state index is 11.7. The number of amides is 1. The van der Waals surface area contributed by atoms with E-state index in [0.717, 1.165) is 19.5 Å². The number of hydrogen-bond donors (Lipinski definition) is 1. The molecule has 4 nitrogen and oxygen atoms in total. The van der Waals surface area contributed by atoms with Gasteiger partial charge in [0.25, 0.3) is 5.91 Å². The van der Waals surface area contributed by atoms with Gasteiger partial charge in [-0.15, -0.1) is 0 Å². The van der Waals surface area contributed by atoms with E-state index >= 15 is 0 Å². The van der Waals surface area contributed by atoms with Gasteiger partial charge in [-0.2, -0.15) is 0 Å². The Balaban J connectivity index is 1.82. The van der Waals surface area contributed by atoms with Gasteiger partial charge in [0.2, 0.25) is 5.22 Å². The largest absolute Gasteiger partial charge is 0.452 e. The van der Waals surface area contributed by atoms with Gasteiger partial charge in [0.05, 0.1) is 11.8 Å². The molecule has 1 aromatic rings. The smallest absolute Gasteiger partial charge is 0.256 e. The molecule has 0 bridgehead atoms. The summed E-state index contributed by atoms with van der Waals surface area (Å²) in [5.74, 6) is 0.382. The first kappa shape index (κ1) is 11.5. The first-order chi connectivity index (χ1) is 7.66. The summed E-state index contributed by atoms with van der Waals surface area (Å²) in [6.07, 6.45) is 2.55. The summed E-state index contributed by atoms with van der Waals surface area (Å²) < 4.78 is 4.87. The number of carbonyl (C=O) groups excluding carboxylic acids is 1. The summed E-state index contributed by atoms with van der Waals surface area (Å²) in [4.78, 5) is 14.0. The van der Waals surface area contributed by atoms with Crippen LogP contribution < -0.4 is 5.32 Å². The maximum atomic E-state index is 11.7. The Bertz CT molecular complexity index is 378. The molecule has 0 spiro atoms. The molecule has 1 aromatic heterocycles. The zero-order valence-electron chi connectivity index (χ0n) is 9.20. The van der Waals surface area contributed by atoms with Gasteiger partial charge in [0.1, 0.15) is 0 Å². The Kier molecular flexibility index (Phi) is 3.51. The monoisotopic (exact) mass is 242 g/mol. The van der Waals surface area contributed by atoms with Crippen LogP contribution in [0.2, 0.25) is 5.22 Å². The number of hydrogen-bond acceptors (Lipinski definition) is 3. The molecule has 0 radical (unpaired) electrons. The number of likely N-dealkylation sites (tertiary alicyclic amines) is 1. The molecule has 2 rings (SSSR count). The number of nitrogens with one attached hydrogen (secondary N) is 1. The molecular weight excluding hydrogens is 228 g/mol. The number of halogens is 1. The highest BCUT2D eigenvalue weighted by molar-refractivity contribution is 6.32. The van der Waals surface area contributed by atoms with Gasteiger partial charge in [-0.3, -0.25) is 4.79 Å². The molecule has 1 saturated heterocycles. The third-order valence-corrected chi connectivity index (χ3v) is 3.20. The minimum Gasteiger partial charge on any atom is -0.452 e. The first-order valence-corrected chi connectivity index (χ1v) is 5.74. The van der Waals surface area contributed by atoms with Crippen LogP contribution >= 0.6 is 11.6 Å². The predicted octanol–water partition coefficient (Wildman–Crippen LogP) is 1.61. The summed E-state index contributed by atoms with van der Waals surface area (Å²) in [5.41, 5.74) is 0.410. The molecule has 0 aliphatic carbocycles. The van der Waals surface area contributed by atoms with Crippen LogP contribution in [-0.2, 0) is 0 Å². The van der Waals surface area contributed by atoms with Crippen molar-refractivity contribution in [2.45, 2.75) is 6.42 Å². The lowest BCUT2D eigenvalue weighted by Crippen LogP contribution is -2.30. The molecule has 0 aromatic carbocycles. The van der Waals surface area contributed by atoms with E-state index in [1.54, 1.807) is 6.07 Å². The van der Waals surface area contributed by atoms with Crippen molar-refractivity contribution in [3.8, 4) is 0 Å². The molecule has 5 heteroatoms. The Morgan fingerprint density at radius 3 is 3.12 bits per heavy atom. The van der Waals surface area contributed by atoms with E-state index < -0.39 is 0 Å². The van der Waals surface area contributed by atoms with E-state index in [9.17, 15) is 4.79 Å². The zero-order valence-corrected chi connectivity index (χ0v) is 9.96. The minimum atomic E-state index is -0.159. The molecule has 16 heavy (non-hydrogen) atoms. The van der Waals surface area contributed by atoms with Gasteiger partial charge >= 0.3 is 0 Å². The van der Waals surface area contributed by atoms with Crippen LogP contribution in [0.4, 0.5) is 0 Å². The molecule has 2 heterocycles. The molecule has 88 valence electrons. The summed E-state index contributed by atoms with van der Waals surface area (Å²) >= 11 is 5.72. The van der Waals surface area contributed by atoms with Crippen molar-refractivity contribution in [1.29, 1.82) is 0 Å². The molecule has 1 N–H and O–H groups in total. The molecule has 1 amide bonds. The van der Waals surface area contributed by atoms with E-state index in [2.05, 4.69) is 17.3 Å². The molecule has 1 atom stereocenters. The maximum Gasteiger partial charge on any atom is 0.256 e. The summed E-state index contributed by atoms with van der Waals surface area (Å²) in [7, 11) is 2.09. The predicted molar refractivity (Wildman–Crippen MR) is 61.7 cm³/mol. The fourth-order valence-electron chi connectivity index (χ4n) is 1.98. The number of nitrogens with zero attached hydrogens (tertiary/aromatic N) is 1. The van der Waals surface area contributed by atoms with Crippen molar-refractivity contribution in [1.82, 2.24) is 10.2 Å². The average Bonchev–Trinajstić information content (AvgIpc) is 2.84. The van der Waals surface area contributed by atoms with Crippen molar-refractivity contribution < 1.29 is 9.21 Å². The molecular formula is C11H15ClN2O2. The highest BCUT2D eigenvalue weighted by atomic mass is 35.5. The van der Waals surface area contributed by atoms with Crippen LogP contribution in [-0.4, -0.2) is 37.5 Å². The van der Waals surface area contributed by atoms with Gasteiger partial charge in [-0.05, 0) is 43.6 Å². The standard InChI is InChI=1S/C11H15ClN2O2/c1-14-4-2-8(7-14)6-13-11(15)9-3-5-16-10(9)12/h3,5,8H,2,4,6-7H2,1H3,(H,13,15). The summed E-state index contributed by atoms with van der Waals surface area (Å²) in [6.45, 7) is 2.84. The topological polar surface area (TPSA) is 45.5 Å². The van der Waals surface area contributed by atoms with E-state index in [1.165, 1.54) is 6.26 Å². The van der Waals surface area contributed by atoms with Crippen LogP contribution in [0.1, 0.15) is 16.8 Å². The van der Waals surface area contributed by atoms with Crippen molar-refractivity contribution in [2.75, 3.05) is 26.7 Å². The SMILES string of the molecule is CN1CCC(CNC(=O)c2ccoc2Cl)C1. The lowest BCUT2D eigenvalue weighted by molar-refractivity contribution is 0.0947. The Hall–Kier alpha value is -1.00. The lowest BCUT2D eigenvalue weighted by Gasteiger charge is -2.11. The Labute approximate surface area is 99.5 Å². The summed E-state index contributed by atoms with van der Waals surface area (Å²) in [6, 6.07) is 1.58. The third-order valence-electron chi connectivity index (χ3n) is 2.90. The van der Waals surface area contributed by atoms with Gasteiger partial charge in [-0.25, -0.2) is 0 Å². The van der Waals surface area contributed by atoms with Gasteiger partial charge < -0.3 is 14.6 Å². The van der Waals surface area contributed by atoms with Gasteiger partial charge in [0.15, 0.2) is 0 Å². The van der Waals surface area contributed by atoms with Crippen molar-refractivity contribution in [3.05, 3.63) is 23.1 Å². The fraction of sp³-hybridized carbons (Fsp3) is 0.545. The van der Waals surface area contributed by atoms with Crippen molar-refractivity contribution >= 4 is 17.5 Å². The van der Waals surface area contributed by atoms with Gasteiger partial charge in [0, 0.05) is 13.1 Å². The number of carbonyl (C=O) groups is 1. The highest BCUT2D eigenvalue weighted by Crippen LogP contribution is 2.17. The van der Waals surface area contributed by atoms with Crippen LogP contribution in [0.3, 0.4) is 0 Å². The second kappa shape index (κ2) is 4.89. The van der Waals surface area contributed by atoms with Crippen LogP contribution in [0.5, 0.6) is 0 Å². The highest BCUT2D eigenvalue weighted by Gasteiger charge is 2.20. The van der Waals surface area contributed by atoms with Gasteiger partial charge in [-0.1, -0.05) is 0 Å². The lowest BCUT2D eigenvalue weighted by atomic mass is 10.1. The quantitative estimate of drug-likeness (QED) is 0.876. The van der Waals surface area contributed by atoms with E-state index in [4.69, 9.17) is 16.0 Å².